The van der Waals surface area contributed by atoms with Crippen molar-refractivity contribution in [2.24, 2.45) is 4.99 Å². The Kier molecular flexibility index (Phi) is 8.10. The summed E-state index contributed by atoms with van der Waals surface area (Å²) in [6.07, 6.45) is 11.6. The summed E-state index contributed by atoms with van der Waals surface area (Å²) in [6.45, 7) is 11.9. The van der Waals surface area contributed by atoms with E-state index in [9.17, 15) is 9.65 Å². The Bertz CT molecular complexity index is 1270. The van der Waals surface area contributed by atoms with Crippen molar-refractivity contribution in [3.63, 3.8) is 0 Å². The SMILES string of the molecule is C=C/C(=C\C1=C(N(C)C(/C=N\C(=C)CC)=C/C)CCc2cccnc21)c1cccc(F)c1C#N. The number of nitriles is 1. The predicted octanol–water partition coefficient (Wildman–Crippen LogP) is 6.85. The maximum absolute atomic E-state index is 14.4. The molecule has 2 aromatic rings. The summed E-state index contributed by atoms with van der Waals surface area (Å²) >= 11 is 0. The molecule has 3 rings (SSSR count). The van der Waals surface area contributed by atoms with Crippen LogP contribution < -0.4 is 0 Å². The van der Waals surface area contributed by atoms with Gasteiger partial charge in [0.15, 0.2) is 0 Å². The van der Waals surface area contributed by atoms with E-state index in [-0.39, 0.29) is 5.56 Å². The van der Waals surface area contributed by atoms with Gasteiger partial charge in [-0.1, -0.05) is 50.4 Å². The van der Waals surface area contributed by atoms with Gasteiger partial charge in [0, 0.05) is 35.8 Å². The highest BCUT2D eigenvalue weighted by molar-refractivity contribution is 5.91. The number of halogens is 1. The Morgan fingerprint density at radius 1 is 1.29 bits per heavy atom. The largest absolute Gasteiger partial charge is 0.347 e. The van der Waals surface area contributed by atoms with Crippen LogP contribution in [0.1, 0.15) is 49.1 Å². The van der Waals surface area contributed by atoms with E-state index in [4.69, 9.17) is 0 Å². The number of benzene rings is 1. The third-order valence-electron chi connectivity index (χ3n) is 5.92. The Morgan fingerprint density at radius 3 is 2.76 bits per heavy atom. The summed E-state index contributed by atoms with van der Waals surface area (Å²) in [5.74, 6) is -0.551. The van der Waals surface area contributed by atoms with E-state index in [0.29, 0.717) is 11.1 Å². The molecule has 0 bridgehead atoms. The lowest BCUT2D eigenvalue weighted by molar-refractivity contribution is 0.516. The highest BCUT2D eigenvalue weighted by Gasteiger charge is 2.23. The molecular formula is C29H29FN4. The first-order chi connectivity index (χ1) is 16.4. The van der Waals surface area contributed by atoms with Crippen molar-refractivity contribution in [3.05, 3.63) is 113 Å². The van der Waals surface area contributed by atoms with Crippen molar-refractivity contribution in [2.45, 2.75) is 33.1 Å². The molecule has 0 fully saturated rings. The number of aromatic nitrogens is 1. The lowest BCUT2D eigenvalue weighted by Crippen LogP contribution is -2.23. The maximum atomic E-state index is 14.4. The second-order valence-electron chi connectivity index (χ2n) is 7.90. The van der Waals surface area contributed by atoms with Crippen molar-refractivity contribution in [1.82, 2.24) is 9.88 Å². The van der Waals surface area contributed by atoms with Crippen LogP contribution in [-0.2, 0) is 6.42 Å². The van der Waals surface area contributed by atoms with Gasteiger partial charge >= 0.3 is 0 Å². The summed E-state index contributed by atoms with van der Waals surface area (Å²) in [4.78, 5) is 11.3. The van der Waals surface area contributed by atoms with Gasteiger partial charge in [-0.2, -0.15) is 5.26 Å². The Labute approximate surface area is 201 Å². The second-order valence-corrected chi connectivity index (χ2v) is 7.90. The molecule has 0 saturated carbocycles. The smallest absolute Gasteiger partial charge is 0.141 e. The third kappa shape index (κ3) is 5.13. The fourth-order valence-corrected chi connectivity index (χ4v) is 3.95. The molecule has 1 heterocycles. The first-order valence-corrected chi connectivity index (χ1v) is 11.3. The van der Waals surface area contributed by atoms with Gasteiger partial charge in [0.1, 0.15) is 11.9 Å². The quantitative estimate of drug-likeness (QED) is 0.325. The molecule has 4 nitrogen and oxygen atoms in total. The summed E-state index contributed by atoms with van der Waals surface area (Å²) in [5, 5.41) is 9.56. The number of aryl methyl sites for hydroxylation is 1. The number of aliphatic imine (C=N–C) groups is 1. The first-order valence-electron chi connectivity index (χ1n) is 11.3. The fourth-order valence-electron chi connectivity index (χ4n) is 3.95. The van der Waals surface area contributed by atoms with E-state index < -0.39 is 5.82 Å². The average Bonchev–Trinajstić information content (AvgIpc) is 2.86. The molecule has 0 unspecified atom stereocenters. The van der Waals surface area contributed by atoms with Gasteiger partial charge in [-0.3, -0.25) is 9.98 Å². The monoisotopic (exact) mass is 452 g/mol. The highest BCUT2D eigenvalue weighted by Crippen LogP contribution is 2.36. The lowest BCUT2D eigenvalue weighted by atomic mass is 9.89. The van der Waals surface area contributed by atoms with E-state index in [1.165, 1.54) is 6.07 Å². The summed E-state index contributed by atoms with van der Waals surface area (Å²) in [6, 6.07) is 10.6. The molecule has 5 heteroatoms. The molecule has 0 N–H and O–H groups in total. The summed E-state index contributed by atoms with van der Waals surface area (Å²) in [7, 11) is 2.00. The van der Waals surface area contributed by atoms with E-state index in [0.717, 1.165) is 53.2 Å². The van der Waals surface area contributed by atoms with Crippen LogP contribution in [0.4, 0.5) is 4.39 Å². The third-order valence-corrected chi connectivity index (χ3v) is 5.92. The van der Waals surface area contributed by atoms with Crippen LogP contribution >= 0.6 is 0 Å². The number of pyridine rings is 1. The van der Waals surface area contributed by atoms with Gasteiger partial charge in [0.25, 0.3) is 0 Å². The fraction of sp³-hybridized carbons (Fsp3) is 0.207. The number of hydrogen-bond donors (Lipinski definition) is 0. The van der Waals surface area contributed by atoms with Gasteiger partial charge in [0.05, 0.1) is 23.2 Å². The Balaban J connectivity index is 2.22. The van der Waals surface area contributed by atoms with Crippen molar-refractivity contribution in [1.29, 1.82) is 5.26 Å². The van der Waals surface area contributed by atoms with Crippen LogP contribution in [0.15, 0.2) is 90.0 Å². The van der Waals surface area contributed by atoms with Crippen LogP contribution in [-0.4, -0.2) is 23.1 Å². The van der Waals surface area contributed by atoms with Crippen molar-refractivity contribution >= 4 is 17.4 Å². The van der Waals surface area contributed by atoms with Crippen LogP contribution in [0.2, 0.25) is 0 Å². The second kappa shape index (κ2) is 11.2. The van der Waals surface area contributed by atoms with Crippen molar-refractivity contribution < 1.29 is 4.39 Å². The summed E-state index contributed by atoms with van der Waals surface area (Å²) < 4.78 is 14.4. The molecule has 1 aromatic heterocycles. The number of rotatable bonds is 8. The molecule has 1 aliphatic carbocycles. The van der Waals surface area contributed by atoms with Gasteiger partial charge in [-0.25, -0.2) is 4.39 Å². The van der Waals surface area contributed by atoms with E-state index in [1.54, 1.807) is 24.4 Å². The number of allylic oxidation sites excluding steroid dienone is 8. The molecule has 1 aliphatic rings. The Morgan fingerprint density at radius 2 is 2.09 bits per heavy atom. The zero-order valence-electron chi connectivity index (χ0n) is 20.0. The normalized spacial score (nSPS) is 14.1. The van der Waals surface area contributed by atoms with Crippen LogP contribution in [0.3, 0.4) is 0 Å². The molecular weight excluding hydrogens is 423 g/mol. The molecule has 34 heavy (non-hydrogen) atoms. The number of nitrogens with zero attached hydrogens (tertiary/aromatic N) is 4. The average molecular weight is 453 g/mol. The number of hydrogen-bond acceptors (Lipinski definition) is 4. The van der Waals surface area contributed by atoms with Gasteiger partial charge in [-0.15, -0.1) is 0 Å². The van der Waals surface area contributed by atoms with E-state index in [1.807, 2.05) is 51.4 Å². The molecule has 0 spiro atoms. The van der Waals surface area contributed by atoms with Crippen LogP contribution in [0.5, 0.6) is 0 Å². The molecule has 0 radical (unpaired) electrons. The molecule has 0 amide bonds. The van der Waals surface area contributed by atoms with Gasteiger partial charge < -0.3 is 4.90 Å². The minimum absolute atomic E-state index is 0.000521. The maximum Gasteiger partial charge on any atom is 0.141 e. The standard InChI is InChI=1S/C29H29FN4/c1-6-20(4)33-19-23(8-3)34(5)28-15-14-22-11-10-16-32-29(22)25(28)17-21(7-2)24-12-9-13-27(30)26(24)18-31/h7-13,16-17,19H,2,4,6,14-15H2,1,3,5H3/b21-17+,23-8+,33-19-. The molecule has 0 saturated heterocycles. The lowest BCUT2D eigenvalue weighted by Gasteiger charge is -2.30. The molecule has 172 valence electrons. The molecule has 1 aromatic carbocycles. The predicted molar refractivity (Wildman–Crippen MR) is 138 cm³/mol. The molecule has 0 atom stereocenters. The first kappa shape index (κ1) is 24.6. The zero-order valence-corrected chi connectivity index (χ0v) is 20.0. The van der Waals surface area contributed by atoms with Gasteiger partial charge in [0.2, 0.25) is 0 Å². The molecule has 0 aliphatic heterocycles. The van der Waals surface area contributed by atoms with E-state index >= 15 is 0 Å². The van der Waals surface area contributed by atoms with Crippen molar-refractivity contribution in [2.75, 3.05) is 7.05 Å². The van der Waals surface area contributed by atoms with Gasteiger partial charge in [-0.05, 0) is 55.5 Å². The van der Waals surface area contributed by atoms with Crippen molar-refractivity contribution in [3.8, 4) is 6.07 Å². The topological polar surface area (TPSA) is 52.3 Å². The number of fused-ring (bicyclic) bond motifs is 1. The van der Waals surface area contributed by atoms with E-state index in [2.05, 4.69) is 34.1 Å². The van der Waals surface area contributed by atoms with Crippen LogP contribution in [0, 0.1) is 17.1 Å². The summed E-state index contributed by atoms with van der Waals surface area (Å²) in [5.41, 5.74) is 6.88. The highest BCUT2D eigenvalue weighted by atomic mass is 19.1. The minimum Gasteiger partial charge on any atom is -0.347 e. The Hall–Kier alpha value is -4.04. The minimum atomic E-state index is -0.551. The zero-order chi connectivity index (χ0) is 24.7. The van der Waals surface area contributed by atoms with Crippen LogP contribution in [0.25, 0.3) is 11.1 Å².